The fourth-order valence-corrected chi connectivity index (χ4v) is 4.08. The Morgan fingerprint density at radius 3 is 2.73 bits per heavy atom. The average molecular weight is 298 g/mol. The van der Waals surface area contributed by atoms with E-state index in [2.05, 4.69) is 16.9 Å². The second kappa shape index (κ2) is 5.13. The van der Waals surface area contributed by atoms with Crippen LogP contribution >= 0.6 is 0 Å². The molecule has 0 aliphatic carbocycles. The number of hydrogen-bond acceptors (Lipinski definition) is 3. The lowest BCUT2D eigenvalue weighted by Crippen LogP contribution is -2.43. The highest BCUT2D eigenvalue weighted by Crippen LogP contribution is 2.36. The molecule has 3 heterocycles. The Balaban J connectivity index is 1.53. The van der Waals surface area contributed by atoms with E-state index in [-0.39, 0.29) is 12.1 Å². The maximum absolute atomic E-state index is 12.6. The minimum absolute atomic E-state index is 0.0657. The van der Waals surface area contributed by atoms with E-state index in [0.717, 1.165) is 29.3 Å². The van der Waals surface area contributed by atoms with Crippen molar-refractivity contribution in [2.24, 2.45) is 0 Å². The summed E-state index contributed by atoms with van der Waals surface area (Å²) in [6, 6.07) is 7.27. The minimum Gasteiger partial charge on any atom is -0.459 e. The Kier molecular flexibility index (Phi) is 3.22. The van der Waals surface area contributed by atoms with Crippen LogP contribution in [0.4, 0.5) is 0 Å². The normalized spacial score (nSPS) is 28.2. The smallest absolute Gasteiger partial charge is 0.340 e. The van der Waals surface area contributed by atoms with Gasteiger partial charge in [-0.1, -0.05) is 11.6 Å². The highest BCUT2D eigenvalue weighted by Gasteiger charge is 2.40. The Bertz CT molecular complexity index is 707. The van der Waals surface area contributed by atoms with Crippen molar-refractivity contribution in [3.63, 3.8) is 0 Å². The number of benzene rings is 1. The molecule has 4 nitrogen and oxygen atoms in total. The van der Waals surface area contributed by atoms with Crippen molar-refractivity contribution < 1.29 is 9.53 Å². The van der Waals surface area contributed by atoms with Gasteiger partial charge in [0, 0.05) is 42.0 Å². The van der Waals surface area contributed by atoms with Gasteiger partial charge >= 0.3 is 5.97 Å². The average Bonchev–Trinajstić information content (AvgIpc) is 2.97. The van der Waals surface area contributed by atoms with Gasteiger partial charge in [0.15, 0.2) is 0 Å². The van der Waals surface area contributed by atoms with Gasteiger partial charge in [0.05, 0.1) is 5.56 Å². The molecular weight excluding hydrogens is 276 g/mol. The summed E-state index contributed by atoms with van der Waals surface area (Å²) in [4.78, 5) is 18.2. The number of aryl methyl sites for hydroxylation is 1. The van der Waals surface area contributed by atoms with Gasteiger partial charge in [0.25, 0.3) is 0 Å². The lowest BCUT2D eigenvalue weighted by Gasteiger charge is -2.35. The number of nitrogens with zero attached hydrogens (tertiary/aromatic N) is 1. The van der Waals surface area contributed by atoms with E-state index >= 15 is 0 Å². The highest BCUT2D eigenvalue weighted by atomic mass is 16.5. The maximum atomic E-state index is 12.6. The van der Waals surface area contributed by atoms with Crippen molar-refractivity contribution in [3.05, 3.63) is 35.5 Å². The number of H-pyrrole nitrogens is 1. The number of rotatable bonds is 2. The van der Waals surface area contributed by atoms with Crippen LogP contribution in [0.15, 0.2) is 24.4 Å². The molecule has 2 bridgehead atoms. The standard InChI is InChI=1S/C18H22N2O2/c1-11-3-6-17-15(7-11)16(10-19-17)18(21)22-14-8-12-4-5-13(9-14)20(12)2/h3,6-7,10,12-14,19H,4-5,8-9H2,1-2H3. The van der Waals surface area contributed by atoms with Crippen molar-refractivity contribution in [2.75, 3.05) is 7.05 Å². The van der Waals surface area contributed by atoms with E-state index in [4.69, 9.17) is 4.74 Å². The van der Waals surface area contributed by atoms with Gasteiger partial charge in [0.1, 0.15) is 6.10 Å². The summed E-state index contributed by atoms with van der Waals surface area (Å²) in [5, 5.41) is 0.959. The SMILES string of the molecule is Cc1ccc2[nH]cc(C(=O)OC3CC4CCC(C3)N4C)c2c1. The number of piperidine rings is 1. The summed E-state index contributed by atoms with van der Waals surface area (Å²) in [5.74, 6) is -0.189. The number of aromatic nitrogens is 1. The molecule has 2 aromatic rings. The lowest BCUT2D eigenvalue weighted by atomic mass is 10.0. The molecule has 4 rings (SSSR count). The quantitative estimate of drug-likeness (QED) is 0.866. The molecule has 1 aromatic carbocycles. The van der Waals surface area contributed by atoms with E-state index in [9.17, 15) is 4.79 Å². The number of fused-ring (bicyclic) bond motifs is 3. The first-order chi connectivity index (χ1) is 10.6. The van der Waals surface area contributed by atoms with Gasteiger partial charge in [-0.05, 0) is 38.9 Å². The van der Waals surface area contributed by atoms with Crippen molar-refractivity contribution in [1.82, 2.24) is 9.88 Å². The summed E-state index contributed by atoms with van der Waals surface area (Å²) in [7, 11) is 2.20. The van der Waals surface area contributed by atoms with Gasteiger partial charge in [-0.25, -0.2) is 4.79 Å². The zero-order valence-corrected chi connectivity index (χ0v) is 13.1. The summed E-state index contributed by atoms with van der Waals surface area (Å²) in [5.41, 5.74) is 2.80. The predicted molar refractivity (Wildman–Crippen MR) is 86.0 cm³/mol. The number of hydrogen-bond donors (Lipinski definition) is 1. The second-order valence-electron chi connectivity index (χ2n) is 6.80. The molecule has 116 valence electrons. The van der Waals surface area contributed by atoms with Gasteiger partial charge in [-0.2, -0.15) is 0 Å². The first-order valence-corrected chi connectivity index (χ1v) is 8.12. The summed E-state index contributed by atoms with van der Waals surface area (Å²) >= 11 is 0. The largest absolute Gasteiger partial charge is 0.459 e. The molecule has 1 aromatic heterocycles. The second-order valence-corrected chi connectivity index (χ2v) is 6.80. The van der Waals surface area contributed by atoms with E-state index < -0.39 is 0 Å². The molecule has 2 fully saturated rings. The van der Waals surface area contributed by atoms with Crippen molar-refractivity contribution in [3.8, 4) is 0 Å². The van der Waals surface area contributed by atoms with Crippen LogP contribution < -0.4 is 0 Å². The van der Waals surface area contributed by atoms with E-state index in [1.54, 1.807) is 6.20 Å². The number of carbonyl (C=O) groups excluding carboxylic acids is 1. The van der Waals surface area contributed by atoms with Crippen LogP contribution in [0.1, 0.15) is 41.6 Å². The molecule has 0 saturated carbocycles. The third-order valence-electron chi connectivity index (χ3n) is 5.39. The van der Waals surface area contributed by atoms with E-state index in [1.165, 1.54) is 12.8 Å². The molecule has 0 radical (unpaired) electrons. The van der Waals surface area contributed by atoms with Crippen LogP contribution in [0.5, 0.6) is 0 Å². The predicted octanol–water partition coefficient (Wildman–Crippen LogP) is 3.26. The van der Waals surface area contributed by atoms with E-state index in [0.29, 0.717) is 17.6 Å². The highest BCUT2D eigenvalue weighted by molar-refractivity contribution is 6.04. The van der Waals surface area contributed by atoms with Crippen molar-refractivity contribution in [2.45, 2.75) is 50.8 Å². The number of nitrogens with one attached hydrogen (secondary N) is 1. The zero-order chi connectivity index (χ0) is 15.3. The number of ether oxygens (including phenoxy) is 1. The van der Waals surface area contributed by atoms with Crippen LogP contribution in [-0.4, -0.2) is 41.1 Å². The maximum Gasteiger partial charge on any atom is 0.340 e. The molecule has 2 atom stereocenters. The molecule has 2 unspecified atom stereocenters. The topological polar surface area (TPSA) is 45.3 Å². The first-order valence-electron chi connectivity index (χ1n) is 8.12. The molecule has 0 spiro atoms. The van der Waals surface area contributed by atoms with Crippen molar-refractivity contribution >= 4 is 16.9 Å². The number of aromatic amines is 1. The third-order valence-corrected chi connectivity index (χ3v) is 5.39. The number of carbonyl (C=O) groups is 1. The summed E-state index contributed by atoms with van der Waals surface area (Å²) in [6.45, 7) is 2.04. The van der Waals surface area contributed by atoms with Crippen LogP contribution in [0.25, 0.3) is 10.9 Å². The molecule has 0 amide bonds. The van der Waals surface area contributed by atoms with Gasteiger partial charge in [0.2, 0.25) is 0 Å². The van der Waals surface area contributed by atoms with Crippen LogP contribution in [-0.2, 0) is 4.74 Å². The van der Waals surface area contributed by atoms with Gasteiger partial charge < -0.3 is 14.6 Å². The Hall–Kier alpha value is -1.81. The molecule has 4 heteroatoms. The molecule has 2 saturated heterocycles. The van der Waals surface area contributed by atoms with Gasteiger partial charge in [-0.15, -0.1) is 0 Å². The van der Waals surface area contributed by atoms with Gasteiger partial charge in [-0.3, -0.25) is 0 Å². The molecule has 2 aliphatic heterocycles. The zero-order valence-electron chi connectivity index (χ0n) is 13.1. The fraction of sp³-hybridized carbons (Fsp3) is 0.500. The molecule has 1 N–H and O–H groups in total. The van der Waals surface area contributed by atoms with Crippen LogP contribution in [0.2, 0.25) is 0 Å². The number of esters is 1. The van der Waals surface area contributed by atoms with E-state index in [1.807, 2.05) is 25.1 Å². The monoisotopic (exact) mass is 298 g/mol. The fourth-order valence-electron chi connectivity index (χ4n) is 4.08. The summed E-state index contributed by atoms with van der Waals surface area (Å²) < 4.78 is 5.83. The first kappa shape index (κ1) is 13.8. The Labute approximate surface area is 130 Å². The molecule has 22 heavy (non-hydrogen) atoms. The lowest BCUT2D eigenvalue weighted by molar-refractivity contribution is -0.000258. The molecular formula is C18H22N2O2. The van der Waals surface area contributed by atoms with Crippen molar-refractivity contribution in [1.29, 1.82) is 0 Å². The Morgan fingerprint density at radius 2 is 2.00 bits per heavy atom. The Morgan fingerprint density at radius 1 is 1.27 bits per heavy atom. The summed E-state index contributed by atoms with van der Waals surface area (Å²) in [6.07, 6.45) is 6.26. The third kappa shape index (κ3) is 2.22. The van der Waals surface area contributed by atoms with Crippen LogP contribution in [0.3, 0.4) is 0 Å². The minimum atomic E-state index is -0.189. The molecule has 2 aliphatic rings. The van der Waals surface area contributed by atoms with Crippen LogP contribution in [0, 0.1) is 6.92 Å².